The average Bonchev–Trinajstić information content (AvgIpc) is 3.44. The van der Waals surface area contributed by atoms with Crippen molar-refractivity contribution in [3.8, 4) is 17.2 Å². The predicted molar refractivity (Wildman–Crippen MR) is 147 cm³/mol. The third-order valence-corrected chi connectivity index (χ3v) is 6.70. The number of nitrogens with zero attached hydrogens (tertiary/aromatic N) is 2. The average molecular weight is 528 g/mol. The number of carbonyl (C=O) groups excluding carboxylic acids is 3. The molecular formula is C30H29N3O6. The molecule has 3 aromatic carbocycles. The number of para-hydroxylation sites is 1. The standard InChI is InChI=1S/C30H29N3O6/c1-20(34)22-8-10-24(11-9-22)32-12-14-33(15-13-32)30(36)25(29(35)31-23-6-4-3-5-7-23)16-21-17-26(37-2)28-27(18-21)38-19-39-28/h3-11,16-18H,12-15,19H2,1-2H3,(H,31,35). The Bertz CT molecular complexity index is 1410. The maximum Gasteiger partial charge on any atom is 0.261 e. The van der Waals surface area contributed by atoms with E-state index in [2.05, 4.69) is 10.2 Å². The highest BCUT2D eigenvalue weighted by molar-refractivity contribution is 6.25. The second kappa shape index (κ2) is 11.3. The summed E-state index contributed by atoms with van der Waals surface area (Å²) in [6.45, 7) is 3.67. The summed E-state index contributed by atoms with van der Waals surface area (Å²) < 4.78 is 16.4. The monoisotopic (exact) mass is 527 g/mol. The predicted octanol–water partition coefficient (Wildman–Crippen LogP) is 4.00. The van der Waals surface area contributed by atoms with Gasteiger partial charge in [0, 0.05) is 43.1 Å². The van der Waals surface area contributed by atoms with Crippen molar-refractivity contribution in [1.29, 1.82) is 0 Å². The lowest BCUT2D eigenvalue weighted by Gasteiger charge is -2.36. The van der Waals surface area contributed by atoms with Crippen LogP contribution < -0.4 is 24.4 Å². The van der Waals surface area contributed by atoms with Crippen molar-refractivity contribution in [2.24, 2.45) is 0 Å². The van der Waals surface area contributed by atoms with Crippen molar-refractivity contribution >= 4 is 35.0 Å². The molecule has 200 valence electrons. The number of piperazine rings is 1. The summed E-state index contributed by atoms with van der Waals surface area (Å²) in [6, 6.07) is 19.9. The van der Waals surface area contributed by atoms with E-state index in [4.69, 9.17) is 14.2 Å². The lowest BCUT2D eigenvalue weighted by atomic mass is 10.1. The van der Waals surface area contributed by atoms with Crippen LogP contribution in [-0.4, -0.2) is 62.6 Å². The fourth-order valence-electron chi connectivity index (χ4n) is 4.59. The number of amides is 2. The van der Waals surface area contributed by atoms with Gasteiger partial charge in [0.15, 0.2) is 17.3 Å². The van der Waals surface area contributed by atoms with E-state index >= 15 is 0 Å². The van der Waals surface area contributed by atoms with Gasteiger partial charge in [-0.05, 0) is 67.1 Å². The minimum Gasteiger partial charge on any atom is -0.493 e. The number of fused-ring (bicyclic) bond motifs is 1. The van der Waals surface area contributed by atoms with E-state index in [0.29, 0.717) is 60.2 Å². The summed E-state index contributed by atoms with van der Waals surface area (Å²) in [6.07, 6.45) is 1.55. The molecule has 1 fully saturated rings. The highest BCUT2D eigenvalue weighted by Gasteiger charge is 2.28. The van der Waals surface area contributed by atoms with Crippen molar-refractivity contribution in [3.63, 3.8) is 0 Å². The van der Waals surface area contributed by atoms with Gasteiger partial charge < -0.3 is 29.3 Å². The van der Waals surface area contributed by atoms with Gasteiger partial charge in [0.05, 0.1) is 7.11 Å². The first-order chi connectivity index (χ1) is 18.9. The largest absolute Gasteiger partial charge is 0.493 e. The molecule has 0 saturated carbocycles. The second-order valence-electron chi connectivity index (χ2n) is 9.22. The maximum absolute atomic E-state index is 13.7. The van der Waals surface area contributed by atoms with Crippen LogP contribution in [-0.2, 0) is 9.59 Å². The van der Waals surface area contributed by atoms with Crippen molar-refractivity contribution in [3.05, 3.63) is 83.4 Å². The number of methoxy groups -OCH3 is 1. The Balaban J connectivity index is 1.38. The number of carbonyl (C=O) groups is 3. The number of hydrogen-bond acceptors (Lipinski definition) is 7. The molecule has 39 heavy (non-hydrogen) atoms. The molecular weight excluding hydrogens is 498 g/mol. The van der Waals surface area contributed by atoms with Crippen LogP contribution in [0.5, 0.6) is 17.2 Å². The van der Waals surface area contributed by atoms with Crippen molar-refractivity contribution < 1.29 is 28.6 Å². The highest BCUT2D eigenvalue weighted by atomic mass is 16.7. The summed E-state index contributed by atoms with van der Waals surface area (Å²) in [5.41, 5.74) is 2.80. The maximum atomic E-state index is 13.7. The lowest BCUT2D eigenvalue weighted by molar-refractivity contribution is -0.129. The third-order valence-electron chi connectivity index (χ3n) is 6.70. The van der Waals surface area contributed by atoms with E-state index < -0.39 is 5.91 Å². The number of Topliss-reactive ketones (excluding diaryl/α,β-unsaturated/α-hetero) is 1. The van der Waals surface area contributed by atoms with Crippen LogP contribution in [0, 0.1) is 0 Å². The molecule has 2 heterocycles. The Morgan fingerprint density at radius 1 is 0.923 bits per heavy atom. The fraction of sp³-hybridized carbons (Fsp3) is 0.233. The Labute approximate surface area is 226 Å². The topological polar surface area (TPSA) is 97.4 Å². The molecule has 9 heteroatoms. The first kappa shape index (κ1) is 25.8. The summed E-state index contributed by atoms with van der Waals surface area (Å²) in [5.74, 6) is 0.571. The van der Waals surface area contributed by atoms with Crippen LogP contribution in [0.2, 0.25) is 0 Å². The minimum atomic E-state index is -0.509. The van der Waals surface area contributed by atoms with Gasteiger partial charge in [-0.3, -0.25) is 14.4 Å². The zero-order valence-electron chi connectivity index (χ0n) is 21.8. The highest BCUT2D eigenvalue weighted by Crippen LogP contribution is 2.42. The molecule has 2 amide bonds. The van der Waals surface area contributed by atoms with Gasteiger partial charge in [-0.2, -0.15) is 0 Å². The van der Waals surface area contributed by atoms with Crippen LogP contribution in [0.1, 0.15) is 22.8 Å². The molecule has 2 aliphatic heterocycles. The molecule has 1 N–H and O–H groups in total. The van der Waals surface area contributed by atoms with Gasteiger partial charge in [0.2, 0.25) is 12.5 Å². The first-order valence-electron chi connectivity index (χ1n) is 12.6. The molecule has 5 rings (SSSR count). The first-order valence-corrected chi connectivity index (χ1v) is 12.6. The third kappa shape index (κ3) is 5.72. The van der Waals surface area contributed by atoms with E-state index in [-0.39, 0.29) is 24.1 Å². The van der Waals surface area contributed by atoms with Gasteiger partial charge in [-0.15, -0.1) is 0 Å². The summed E-state index contributed by atoms with van der Waals surface area (Å²) >= 11 is 0. The van der Waals surface area contributed by atoms with Gasteiger partial charge in [0.25, 0.3) is 11.8 Å². The number of hydrogen-bond donors (Lipinski definition) is 1. The molecule has 0 aromatic heterocycles. The smallest absolute Gasteiger partial charge is 0.261 e. The Morgan fingerprint density at radius 2 is 1.64 bits per heavy atom. The van der Waals surface area contributed by atoms with Gasteiger partial charge >= 0.3 is 0 Å². The number of ether oxygens (including phenoxy) is 3. The van der Waals surface area contributed by atoms with Gasteiger partial charge in [-0.1, -0.05) is 18.2 Å². The molecule has 0 atom stereocenters. The summed E-state index contributed by atoms with van der Waals surface area (Å²) in [7, 11) is 1.52. The molecule has 0 aliphatic carbocycles. The van der Waals surface area contributed by atoms with E-state index in [1.807, 2.05) is 42.5 Å². The molecule has 0 unspecified atom stereocenters. The van der Waals surface area contributed by atoms with Crippen LogP contribution in [0.3, 0.4) is 0 Å². The normalized spacial score (nSPS) is 14.7. The van der Waals surface area contributed by atoms with Gasteiger partial charge in [-0.25, -0.2) is 0 Å². The number of benzene rings is 3. The van der Waals surface area contributed by atoms with Crippen molar-refractivity contribution in [2.75, 3.05) is 50.3 Å². The summed E-state index contributed by atoms with van der Waals surface area (Å²) in [5, 5.41) is 2.83. The molecule has 3 aromatic rings. The Hall–Kier alpha value is -4.79. The summed E-state index contributed by atoms with van der Waals surface area (Å²) in [4.78, 5) is 42.6. The minimum absolute atomic E-state index is 0.000896. The fourth-order valence-corrected chi connectivity index (χ4v) is 4.59. The van der Waals surface area contributed by atoms with Crippen LogP contribution in [0.15, 0.2) is 72.3 Å². The number of nitrogens with one attached hydrogen (secondary N) is 1. The van der Waals surface area contributed by atoms with E-state index in [1.165, 1.54) is 14.0 Å². The zero-order valence-corrected chi connectivity index (χ0v) is 21.8. The molecule has 2 aliphatic rings. The van der Waals surface area contributed by atoms with E-state index in [0.717, 1.165) is 5.69 Å². The van der Waals surface area contributed by atoms with E-state index in [9.17, 15) is 14.4 Å². The zero-order chi connectivity index (χ0) is 27.4. The number of rotatable bonds is 7. The van der Waals surface area contributed by atoms with Crippen LogP contribution in [0.4, 0.5) is 11.4 Å². The van der Waals surface area contributed by atoms with E-state index in [1.54, 1.807) is 35.2 Å². The number of ketones is 1. The van der Waals surface area contributed by atoms with Gasteiger partial charge in [0.1, 0.15) is 5.57 Å². The Morgan fingerprint density at radius 3 is 2.31 bits per heavy atom. The Kier molecular flexibility index (Phi) is 7.49. The molecule has 0 spiro atoms. The molecule has 9 nitrogen and oxygen atoms in total. The van der Waals surface area contributed by atoms with Crippen molar-refractivity contribution in [1.82, 2.24) is 4.90 Å². The lowest BCUT2D eigenvalue weighted by Crippen LogP contribution is -2.50. The molecule has 0 bridgehead atoms. The van der Waals surface area contributed by atoms with Crippen LogP contribution in [0.25, 0.3) is 6.08 Å². The second-order valence-corrected chi connectivity index (χ2v) is 9.22. The quantitative estimate of drug-likeness (QED) is 0.215. The molecule has 1 saturated heterocycles. The van der Waals surface area contributed by atoms with Crippen molar-refractivity contribution in [2.45, 2.75) is 6.92 Å². The van der Waals surface area contributed by atoms with Crippen LogP contribution >= 0.6 is 0 Å². The number of anilines is 2. The molecule has 0 radical (unpaired) electrons. The SMILES string of the molecule is COc1cc(C=C(C(=O)Nc2ccccc2)C(=O)N2CCN(c3ccc(C(C)=O)cc3)CC2)cc2c1OCO2.